The van der Waals surface area contributed by atoms with Gasteiger partial charge in [-0.1, -0.05) is 18.2 Å². The molecule has 0 radical (unpaired) electrons. The van der Waals surface area contributed by atoms with Crippen LogP contribution in [-0.2, 0) is 11.2 Å². The van der Waals surface area contributed by atoms with Crippen LogP contribution >= 0.6 is 0 Å². The first-order valence-electron chi connectivity index (χ1n) is 7.43. The molecular formula is C17H21N3O. The van der Waals surface area contributed by atoms with Gasteiger partial charge in [0.2, 0.25) is 0 Å². The minimum absolute atomic E-state index is 0.272. The van der Waals surface area contributed by atoms with E-state index in [1.165, 1.54) is 11.3 Å². The molecule has 3 rings (SSSR count). The number of hydrogen-bond donors (Lipinski definition) is 1. The maximum absolute atomic E-state index is 5.89. The smallest absolute Gasteiger partial charge is 0.123 e. The Kier molecular flexibility index (Phi) is 4.36. The lowest BCUT2D eigenvalue weighted by Crippen LogP contribution is -2.42. The number of morpholine rings is 1. The van der Waals surface area contributed by atoms with E-state index in [9.17, 15) is 0 Å². The number of benzene rings is 1. The molecule has 0 saturated carbocycles. The minimum atomic E-state index is 0.272. The Balaban J connectivity index is 1.57. The van der Waals surface area contributed by atoms with Crippen LogP contribution in [0.25, 0.3) is 0 Å². The summed E-state index contributed by atoms with van der Waals surface area (Å²) in [6.07, 6.45) is 4.02. The highest BCUT2D eigenvalue weighted by molar-refractivity contribution is 5.46. The first kappa shape index (κ1) is 13.9. The molecule has 1 aromatic heterocycles. The average Bonchev–Trinajstić information content (AvgIpc) is 2.54. The number of aromatic nitrogens is 1. The van der Waals surface area contributed by atoms with Crippen molar-refractivity contribution in [3.63, 3.8) is 0 Å². The molecule has 0 bridgehead atoms. The number of ether oxygens (including phenoxy) is 1. The zero-order valence-electron chi connectivity index (χ0n) is 12.1. The Morgan fingerprint density at radius 1 is 1.24 bits per heavy atom. The maximum Gasteiger partial charge on any atom is 0.123 e. The number of anilines is 2. The molecule has 1 saturated heterocycles. The predicted octanol–water partition coefficient (Wildman–Crippen LogP) is 2.50. The number of pyridine rings is 1. The molecule has 0 aliphatic carbocycles. The van der Waals surface area contributed by atoms with Crippen LogP contribution in [0.4, 0.5) is 11.5 Å². The van der Waals surface area contributed by atoms with Crippen molar-refractivity contribution in [2.75, 3.05) is 30.3 Å². The van der Waals surface area contributed by atoms with Gasteiger partial charge in [0.05, 0.1) is 12.7 Å². The van der Waals surface area contributed by atoms with Crippen molar-refractivity contribution in [3.8, 4) is 0 Å². The van der Waals surface area contributed by atoms with Crippen LogP contribution in [0.5, 0.6) is 0 Å². The molecule has 110 valence electrons. The molecule has 21 heavy (non-hydrogen) atoms. The summed E-state index contributed by atoms with van der Waals surface area (Å²) in [6, 6.07) is 14.5. The van der Waals surface area contributed by atoms with Crippen molar-refractivity contribution in [1.82, 2.24) is 4.98 Å². The van der Waals surface area contributed by atoms with Crippen molar-refractivity contribution in [2.45, 2.75) is 18.9 Å². The lowest BCUT2D eigenvalue weighted by atomic mass is 10.1. The van der Waals surface area contributed by atoms with Crippen LogP contribution in [0, 0.1) is 0 Å². The third kappa shape index (κ3) is 3.73. The van der Waals surface area contributed by atoms with Gasteiger partial charge in [-0.15, -0.1) is 0 Å². The van der Waals surface area contributed by atoms with E-state index in [-0.39, 0.29) is 6.10 Å². The van der Waals surface area contributed by atoms with Gasteiger partial charge in [0, 0.05) is 25.0 Å². The second kappa shape index (κ2) is 6.59. The topological polar surface area (TPSA) is 51.4 Å². The number of nitrogen functional groups attached to an aromatic ring is 1. The fraction of sp³-hybridized carbons (Fsp3) is 0.353. The van der Waals surface area contributed by atoms with Gasteiger partial charge in [0.15, 0.2) is 0 Å². The molecule has 1 aliphatic rings. The fourth-order valence-corrected chi connectivity index (χ4v) is 2.74. The van der Waals surface area contributed by atoms with Crippen LogP contribution in [0.1, 0.15) is 12.0 Å². The van der Waals surface area contributed by atoms with E-state index < -0.39 is 0 Å². The molecule has 0 amide bonds. The third-order valence-electron chi connectivity index (χ3n) is 3.86. The molecule has 4 heteroatoms. The van der Waals surface area contributed by atoms with Crippen molar-refractivity contribution in [2.24, 2.45) is 0 Å². The van der Waals surface area contributed by atoms with Gasteiger partial charge in [0.1, 0.15) is 5.82 Å². The molecule has 2 N–H and O–H groups in total. The third-order valence-corrected chi connectivity index (χ3v) is 3.86. The standard InChI is InChI=1S/C17H21N3O/c18-17-12-14(8-9-19-17)6-7-16-13-20(10-11-21-16)15-4-2-1-3-5-15/h1-5,8-9,12,16H,6-7,10-11,13H2,(H2,18,19). The summed E-state index contributed by atoms with van der Waals surface area (Å²) in [7, 11) is 0. The number of para-hydroxylation sites is 1. The quantitative estimate of drug-likeness (QED) is 0.936. The molecule has 2 heterocycles. The van der Waals surface area contributed by atoms with Crippen LogP contribution in [0.2, 0.25) is 0 Å². The number of nitrogens with two attached hydrogens (primary N) is 1. The number of nitrogens with zero attached hydrogens (tertiary/aromatic N) is 2. The molecule has 0 spiro atoms. The van der Waals surface area contributed by atoms with Crippen LogP contribution in [0.15, 0.2) is 48.7 Å². The predicted molar refractivity (Wildman–Crippen MR) is 85.4 cm³/mol. The van der Waals surface area contributed by atoms with Gasteiger partial charge in [-0.3, -0.25) is 0 Å². The summed E-state index contributed by atoms with van der Waals surface area (Å²) in [4.78, 5) is 6.42. The summed E-state index contributed by atoms with van der Waals surface area (Å²) < 4.78 is 5.89. The van der Waals surface area contributed by atoms with Crippen molar-refractivity contribution in [3.05, 3.63) is 54.2 Å². The van der Waals surface area contributed by atoms with Crippen molar-refractivity contribution < 1.29 is 4.74 Å². The highest BCUT2D eigenvalue weighted by atomic mass is 16.5. The Labute approximate surface area is 125 Å². The molecule has 4 nitrogen and oxygen atoms in total. The average molecular weight is 283 g/mol. The molecule has 1 fully saturated rings. The zero-order chi connectivity index (χ0) is 14.5. The lowest BCUT2D eigenvalue weighted by Gasteiger charge is -2.34. The zero-order valence-corrected chi connectivity index (χ0v) is 12.1. The first-order chi connectivity index (χ1) is 10.3. The Morgan fingerprint density at radius 2 is 2.10 bits per heavy atom. The van der Waals surface area contributed by atoms with E-state index in [2.05, 4.69) is 40.2 Å². The van der Waals surface area contributed by atoms with E-state index in [0.717, 1.165) is 32.5 Å². The van der Waals surface area contributed by atoms with Gasteiger partial charge in [-0.2, -0.15) is 0 Å². The largest absolute Gasteiger partial charge is 0.384 e. The first-order valence-corrected chi connectivity index (χ1v) is 7.43. The molecule has 1 atom stereocenters. The van der Waals surface area contributed by atoms with Gasteiger partial charge < -0.3 is 15.4 Å². The van der Waals surface area contributed by atoms with E-state index >= 15 is 0 Å². The highest BCUT2D eigenvalue weighted by Gasteiger charge is 2.20. The van der Waals surface area contributed by atoms with E-state index in [1.807, 2.05) is 12.1 Å². The maximum atomic E-state index is 5.89. The van der Waals surface area contributed by atoms with Gasteiger partial charge in [-0.05, 0) is 42.7 Å². The Morgan fingerprint density at radius 3 is 2.90 bits per heavy atom. The van der Waals surface area contributed by atoms with Gasteiger partial charge >= 0.3 is 0 Å². The summed E-state index contributed by atoms with van der Waals surface area (Å²) in [5, 5.41) is 0. The molecule has 1 aromatic carbocycles. The normalized spacial score (nSPS) is 18.7. The monoisotopic (exact) mass is 283 g/mol. The molecule has 1 aliphatic heterocycles. The van der Waals surface area contributed by atoms with Crippen LogP contribution in [0.3, 0.4) is 0 Å². The molecular weight excluding hydrogens is 262 g/mol. The summed E-state index contributed by atoms with van der Waals surface area (Å²) in [6.45, 7) is 2.70. The number of rotatable bonds is 4. The second-order valence-electron chi connectivity index (χ2n) is 5.40. The number of hydrogen-bond acceptors (Lipinski definition) is 4. The summed E-state index contributed by atoms with van der Waals surface area (Å²) in [5.41, 5.74) is 8.22. The summed E-state index contributed by atoms with van der Waals surface area (Å²) in [5.74, 6) is 0.586. The highest BCUT2D eigenvalue weighted by Crippen LogP contribution is 2.19. The Hall–Kier alpha value is -2.07. The van der Waals surface area contributed by atoms with Crippen molar-refractivity contribution >= 4 is 11.5 Å². The minimum Gasteiger partial charge on any atom is -0.384 e. The second-order valence-corrected chi connectivity index (χ2v) is 5.40. The number of aryl methyl sites for hydroxylation is 1. The van der Waals surface area contributed by atoms with Crippen molar-refractivity contribution in [1.29, 1.82) is 0 Å². The summed E-state index contributed by atoms with van der Waals surface area (Å²) >= 11 is 0. The van der Waals surface area contributed by atoms with E-state index in [4.69, 9.17) is 10.5 Å². The fourth-order valence-electron chi connectivity index (χ4n) is 2.74. The lowest BCUT2D eigenvalue weighted by molar-refractivity contribution is 0.0355. The Bertz CT molecular complexity index is 573. The van der Waals surface area contributed by atoms with Gasteiger partial charge in [0.25, 0.3) is 0 Å². The SMILES string of the molecule is Nc1cc(CCC2CN(c3ccccc3)CCO2)ccn1. The molecule has 2 aromatic rings. The van der Waals surface area contributed by atoms with E-state index in [1.54, 1.807) is 6.20 Å². The van der Waals surface area contributed by atoms with Crippen LogP contribution < -0.4 is 10.6 Å². The van der Waals surface area contributed by atoms with Gasteiger partial charge in [-0.25, -0.2) is 4.98 Å². The van der Waals surface area contributed by atoms with E-state index in [0.29, 0.717) is 5.82 Å². The molecule has 1 unspecified atom stereocenters. The van der Waals surface area contributed by atoms with Crippen LogP contribution in [-0.4, -0.2) is 30.8 Å².